The molecule has 1 aliphatic carbocycles. The lowest BCUT2D eigenvalue weighted by molar-refractivity contribution is -0.119. The molecular weight excluding hydrogens is 452 g/mol. The molecule has 2 aliphatic heterocycles. The molecule has 1 aromatic carbocycles. The van der Waals surface area contributed by atoms with E-state index in [0.29, 0.717) is 23.1 Å². The van der Waals surface area contributed by atoms with Gasteiger partial charge in [0.1, 0.15) is 17.7 Å². The molecule has 7 nitrogen and oxygen atoms in total. The normalized spacial score (nSPS) is 23.4. The number of pyridine rings is 1. The van der Waals surface area contributed by atoms with E-state index in [-0.39, 0.29) is 42.6 Å². The number of nitrogens with one attached hydrogen (secondary N) is 2. The Morgan fingerprint density at radius 3 is 2.71 bits per heavy atom. The molecule has 6 rings (SSSR count). The van der Waals surface area contributed by atoms with Crippen LogP contribution in [0.2, 0.25) is 0 Å². The number of halogens is 4. The molecule has 1 saturated carbocycles. The van der Waals surface area contributed by atoms with Gasteiger partial charge in [0.25, 0.3) is 0 Å². The summed E-state index contributed by atoms with van der Waals surface area (Å²) in [5.41, 5.74) is 0.875. The maximum absolute atomic E-state index is 14.8. The van der Waals surface area contributed by atoms with Crippen LogP contribution in [0.4, 0.5) is 34.9 Å². The van der Waals surface area contributed by atoms with E-state index in [1.54, 1.807) is 0 Å². The topological polar surface area (TPSA) is 75.2 Å². The summed E-state index contributed by atoms with van der Waals surface area (Å²) < 4.78 is 60.6. The highest BCUT2D eigenvalue weighted by Gasteiger charge is 2.45. The summed E-state index contributed by atoms with van der Waals surface area (Å²) in [6, 6.07) is 7.16. The van der Waals surface area contributed by atoms with Crippen LogP contribution in [0.3, 0.4) is 0 Å². The van der Waals surface area contributed by atoms with Gasteiger partial charge in [-0.2, -0.15) is 4.39 Å². The molecule has 3 aliphatic rings. The van der Waals surface area contributed by atoms with E-state index in [0.717, 1.165) is 25.3 Å². The van der Waals surface area contributed by atoms with Crippen LogP contribution in [0.1, 0.15) is 19.3 Å². The molecule has 2 saturated heterocycles. The van der Waals surface area contributed by atoms with Crippen LogP contribution in [-0.4, -0.2) is 52.7 Å². The first kappa shape index (κ1) is 21.3. The van der Waals surface area contributed by atoms with Gasteiger partial charge in [-0.25, -0.2) is 28.1 Å². The van der Waals surface area contributed by atoms with Crippen LogP contribution < -0.4 is 20.3 Å². The van der Waals surface area contributed by atoms with Crippen LogP contribution in [0.15, 0.2) is 30.6 Å². The van der Waals surface area contributed by atoms with E-state index in [1.165, 1.54) is 18.5 Å². The molecule has 4 heterocycles. The first-order valence-corrected chi connectivity index (χ1v) is 11.2. The number of ether oxygens (including phenoxy) is 1. The number of nitrogens with zero attached hydrogens (tertiary/aromatic N) is 4. The minimum Gasteiger partial charge on any atom is -0.490 e. The van der Waals surface area contributed by atoms with Gasteiger partial charge >= 0.3 is 0 Å². The van der Waals surface area contributed by atoms with Crippen molar-refractivity contribution in [1.82, 2.24) is 20.3 Å². The first-order valence-electron chi connectivity index (χ1n) is 11.2. The molecule has 2 N–H and O–H groups in total. The SMILES string of the molecule is Fc1c(Nc2ncnc3ccc(N4C[C@@H]5C[C@H]4CN5)nc23)ccc(OCC2CC(F)(F)C2)c1F. The Labute approximate surface area is 192 Å². The van der Waals surface area contributed by atoms with Gasteiger partial charge < -0.3 is 20.3 Å². The molecule has 2 bridgehead atoms. The van der Waals surface area contributed by atoms with Crippen molar-refractivity contribution in [3.63, 3.8) is 0 Å². The quantitative estimate of drug-likeness (QED) is 0.523. The molecule has 0 spiro atoms. The van der Waals surface area contributed by atoms with E-state index >= 15 is 0 Å². The van der Waals surface area contributed by atoms with E-state index in [1.807, 2.05) is 12.1 Å². The van der Waals surface area contributed by atoms with E-state index in [4.69, 9.17) is 9.72 Å². The second-order valence-corrected chi connectivity index (χ2v) is 9.21. The van der Waals surface area contributed by atoms with E-state index in [9.17, 15) is 17.6 Å². The van der Waals surface area contributed by atoms with Crippen LogP contribution in [0, 0.1) is 17.6 Å². The molecule has 0 unspecified atom stereocenters. The van der Waals surface area contributed by atoms with Crippen LogP contribution in [-0.2, 0) is 0 Å². The Morgan fingerprint density at radius 1 is 1.12 bits per heavy atom. The number of piperazine rings is 1. The molecule has 34 heavy (non-hydrogen) atoms. The number of rotatable bonds is 6. The summed E-state index contributed by atoms with van der Waals surface area (Å²) in [5, 5.41) is 6.27. The average molecular weight is 474 g/mol. The summed E-state index contributed by atoms with van der Waals surface area (Å²) in [6.45, 7) is 1.68. The minimum atomic E-state index is -2.69. The predicted octanol–water partition coefficient (Wildman–Crippen LogP) is 4.02. The number of hydrogen-bond donors (Lipinski definition) is 2. The molecular formula is C23H22F4N6O. The Kier molecular flexibility index (Phi) is 4.98. The summed E-state index contributed by atoms with van der Waals surface area (Å²) in [6.07, 6.45) is 1.79. The summed E-state index contributed by atoms with van der Waals surface area (Å²) >= 11 is 0. The van der Waals surface area contributed by atoms with Gasteiger partial charge in [-0.3, -0.25) is 0 Å². The van der Waals surface area contributed by atoms with Crippen molar-refractivity contribution in [2.45, 2.75) is 37.3 Å². The molecule has 178 valence electrons. The second-order valence-electron chi connectivity index (χ2n) is 9.21. The smallest absolute Gasteiger partial charge is 0.248 e. The minimum absolute atomic E-state index is 0.0875. The molecule has 3 fully saturated rings. The van der Waals surface area contributed by atoms with Crippen molar-refractivity contribution in [3.05, 3.63) is 42.2 Å². The number of anilines is 3. The zero-order valence-electron chi connectivity index (χ0n) is 18.1. The zero-order chi connectivity index (χ0) is 23.4. The summed E-state index contributed by atoms with van der Waals surface area (Å²) in [7, 11) is 0. The fourth-order valence-electron chi connectivity index (χ4n) is 5.00. The standard InChI is InChI=1S/C23H22F4N6O/c24-19-15(1-3-17(20(19)25)34-10-12-6-23(26,27)7-12)31-22-21-16(29-11-30-22)2-4-18(32-21)33-9-13-5-14(33)8-28-13/h1-4,11-14,28H,5-10H2,(H,29,30,31)/t13-,14-/m0/s1. The highest BCUT2D eigenvalue weighted by molar-refractivity contribution is 5.88. The van der Waals surface area contributed by atoms with Crippen molar-refractivity contribution in [1.29, 1.82) is 0 Å². The van der Waals surface area contributed by atoms with Crippen molar-refractivity contribution >= 4 is 28.4 Å². The van der Waals surface area contributed by atoms with Crippen molar-refractivity contribution in [2.24, 2.45) is 5.92 Å². The molecule has 0 radical (unpaired) electrons. The third-order valence-corrected chi connectivity index (χ3v) is 6.77. The number of hydrogen-bond acceptors (Lipinski definition) is 7. The lowest BCUT2D eigenvalue weighted by atomic mass is 9.82. The van der Waals surface area contributed by atoms with Crippen molar-refractivity contribution in [3.8, 4) is 5.75 Å². The molecule has 11 heteroatoms. The van der Waals surface area contributed by atoms with E-state index in [2.05, 4.69) is 25.5 Å². The molecule has 2 aromatic heterocycles. The Balaban J connectivity index is 1.23. The fourth-order valence-corrected chi connectivity index (χ4v) is 5.00. The maximum Gasteiger partial charge on any atom is 0.248 e. The number of benzene rings is 1. The largest absolute Gasteiger partial charge is 0.490 e. The fraction of sp³-hybridized carbons (Fsp3) is 0.435. The van der Waals surface area contributed by atoms with Crippen molar-refractivity contribution in [2.75, 3.05) is 29.9 Å². The van der Waals surface area contributed by atoms with Crippen LogP contribution in [0.5, 0.6) is 5.75 Å². The Hall–Kier alpha value is -3.21. The molecule has 0 amide bonds. The number of aromatic nitrogens is 3. The highest BCUT2D eigenvalue weighted by atomic mass is 19.3. The molecule has 3 aromatic rings. The van der Waals surface area contributed by atoms with Gasteiger partial charge in [0.15, 0.2) is 17.4 Å². The lowest BCUT2D eigenvalue weighted by Gasteiger charge is -2.34. The third kappa shape index (κ3) is 3.77. The van der Waals surface area contributed by atoms with E-state index < -0.39 is 17.6 Å². The monoisotopic (exact) mass is 474 g/mol. The zero-order valence-corrected chi connectivity index (χ0v) is 18.1. The predicted molar refractivity (Wildman–Crippen MR) is 118 cm³/mol. The number of alkyl halides is 2. The molecule has 2 atom stereocenters. The van der Waals surface area contributed by atoms with Gasteiger partial charge in [0, 0.05) is 43.9 Å². The third-order valence-electron chi connectivity index (χ3n) is 6.77. The highest BCUT2D eigenvalue weighted by Crippen LogP contribution is 2.42. The maximum atomic E-state index is 14.8. The Bertz CT molecular complexity index is 1250. The van der Waals surface area contributed by atoms with Crippen LogP contribution in [0.25, 0.3) is 11.0 Å². The summed E-state index contributed by atoms with van der Waals surface area (Å²) in [5.74, 6) is -4.68. The Morgan fingerprint density at radius 2 is 1.97 bits per heavy atom. The van der Waals surface area contributed by atoms with Crippen molar-refractivity contribution < 1.29 is 22.3 Å². The number of fused-ring (bicyclic) bond motifs is 3. The first-order chi connectivity index (χ1) is 16.4. The van der Waals surface area contributed by atoms with Gasteiger partial charge in [-0.1, -0.05) is 0 Å². The van der Waals surface area contributed by atoms with Gasteiger partial charge in [0.05, 0.1) is 17.8 Å². The summed E-state index contributed by atoms with van der Waals surface area (Å²) in [4.78, 5) is 15.4. The lowest BCUT2D eigenvalue weighted by Crippen LogP contribution is -2.44. The average Bonchev–Trinajstić information content (AvgIpc) is 3.44. The van der Waals surface area contributed by atoms with Gasteiger partial charge in [0.2, 0.25) is 11.7 Å². The van der Waals surface area contributed by atoms with Gasteiger partial charge in [-0.05, 0) is 30.7 Å². The van der Waals surface area contributed by atoms with Crippen LogP contribution >= 0.6 is 0 Å². The second kappa shape index (κ2) is 7.93. The van der Waals surface area contributed by atoms with Gasteiger partial charge in [-0.15, -0.1) is 0 Å².